The van der Waals surface area contributed by atoms with Crippen molar-refractivity contribution in [1.29, 1.82) is 0 Å². The zero-order valence-corrected chi connectivity index (χ0v) is 17.1. The normalized spacial score (nSPS) is 13.5. The maximum absolute atomic E-state index is 14.2. The van der Waals surface area contributed by atoms with E-state index in [9.17, 15) is 27.3 Å². The first-order valence-electron chi connectivity index (χ1n) is 9.06. The number of hydrogen-bond acceptors (Lipinski definition) is 3. The fraction of sp³-hybridized carbons (Fsp3) is 0.130. The lowest BCUT2D eigenvalue weighted by Crippen LogP contribution is -2.27. The van der Waals surface area contributed by atoms with Gasteiger partial charge in [-0.05, 0) is 31.0 Å². The van der Waals surface area contributed by atoms with Crippen molar-refractivity contribution in [2.75, 3.05) is 0 Å². The van der Waals surface area contributed by atoms with E-state index in [-0.39, 0.29) is 11.1 Å². The third-order valence-electron chi connectivity index (χ3n) is 4.84. The summed E-state index contributed by atoms with van der Waals surface area (Å²) >= 11 is 0. The summed E-state index contributed by atoms with van der Waals surface area (Å²) in [6.45, 7) is 3.18. The van der Waals surface area contributed by atoms with E-state index in [4.69, 9.17) is 0 Å². The van der Waals surface area contributed by atoms with Gasteiger partial charge in [0.2, 0.25) is 18.2 Å². The average molecular weight is 430 g/mol. The van der Waals surface area contributed by atoms with E-state index in [0.717, 1.165) is 18.2 Å². The first kappa shape index (κ1) is 21.7. The number of carbonyl (C=O) groups is 2. The molecule has 0 heterocycles. The molecule has 154 valence electrons. The van der Waals surface area contributed by atoms with Crippen LogP contribution in [0.15, 0.2) is 72.8 Å². The van der Waals surface area contributed by atoms with Gasteiger partial charge >= 0.3 is 6.18 Å². The second-order valence-electron chi connectivity index (χ2n) is 6.87. The van der Waals surface area contributed by atoms with E-state index in [1.165, 1.54) is 30.3 Å². The van der Waals surface area contributed by atoms with E-state index in [1.54, 1.807) is 38.1 Å². The predicted molar refractivity (Wildman–Crippen MR) is 110 cm³/mol. The second kappa shape index (κ2) is 8.04. The number of aryl methyl sites for hydroxylation is 2. The van der Waals surface area contributed by atoms with Gasteiger partial charge < -0.3 is 4.57 Å². The SMILES string of the molecule is Cc1cccc(C)c1C(=O)P(=O)(C(=O)c1ccccc1)c1ccccc1C(F)(F)F. The lowest BCUT2D eigenvalue weighted by molar-refractivity contribution is -0.136. The van der Waals surface area contributed by atoms with Gasteiger partial charge in [-0.25, -0.2) is 0 Å². The molecule has 0 amide bonds. The van der Waals surface area contributed by atoms with Gasteiger partial charge in [0, 0.05) is 16.4 Å². The molecular weight excluding hydrogens is 412 g/mol. The van der Waals surface area contributed by atoms with Crippen LogP contribution in [0.3, 0.4) is 0 Å². The Hall–Kier alpha value is -2.98. The van der Waals surface area contributed by atoms with Crippen molar-refractivity contribution in [3.63, 3.8) is 0 Å². The minimum atomic E-state index is -4.88. The molecule has 0 spiro atoms. The van der Waals surface area contributed by atoms with Crippen LogP contribution < -0.4 is 5.30 Å². The Morgan fingerprint density at radius 1 is 0.733 bits per heavy atom. The van der Waals surface area contributed by atoms with E-state index in [2.05, 4.69) is 0 Å². The van der Waals surface area contributed by atoms with Crippen molar-refractivity contribution in [3.8, 4) is 0 Å². The molecule has 1 atom stereocenters. The molecule has 0 aliphatic rings. The molecule has 0 bridgehead atoms. The maximum Gasteiger partial charge on any atom is 0.417 e. The quantitative estimate of drug-likeness (QED) is 0.467. The Balaban J connectivity index is 2.36. The van der Waals surface area contributed by atoms with Crippen LogP contribution in [-0.4, -0.2) is 11.0 Å². The molecule has 0 aliphatic heterocycles. The minimum Gasteiger partial charge on any atom is -0.302 e. The highest BCUT2D eigenvalue weighted by atomic mass is 31.2. The Bertz CT molecular complexity index is 1150. The summed E-state index contributed by atoms with van der Waals surface area (Å²) in [5.74, 6) is 0. The molecule has 0 radical (unpaired) electrons. The van der Waals surface area contributed by atoms with Crippen molar-refractivity contribution in [3.05, 3.63) is 101 Å². The van der Waals surface area contributed by atoms with Gasteiger partial charge in [-0.2, -0.15) is 13.2 Å². The lowest BCUT2D eigenvalue weighted by Gasteiger charge is -2.22. The average Bonchev–Trinajstić information content (AvgIpc) is 2.72. The van der Waals surface area contributed by atoms with E-state index < -0.39 is 35.2 Å². The van der Waals surface area contributed by atoms with Crippen molar-refractivity contribution >= 4 is 23.5 Å². The zero-order chi connectivity index (χ0) is 22.1. The topological polar surface area (TPSA) is 51.2 Å². The minimum absolute atomic E-state index is 0.00194. The van der Waals surface area contributed by atoms with Crippen molar-refractivity contribution in [2.24, 2.45) is 0 Å². The predicted octanol–water partition coefficient (Wildman–Crippen LogP) is 5.99. The summed E-state index contributed by atoms with van der Waals surface area (Å²) in [4.78, 5) is 26.9. The van der Waals surface area contributed by atoms with E-state index >= 15 is 0 Å². The first-order valence-corrected chi connectivity index (χ1v) is 10.8. The molecule has 0 fully saturated rings. The molecule has 0 N–H and O–H groups in total. The highest BCUT2D eigenvalue weighted by Crippen LogP contribution is 2.53. The summed E-state index contributed by atoms with van der Waals surface area (Å²) in [6, 6.07) is 16.2. The molecule has 3 aromatic rings. The third-order valence-corrected chi connectivity index (χ3v) is 7.53. The Morgan fingerprint density at radius 3 is 1.83 bits per heavy atom. The van der Waals surface area contributed by atoms with Crippen LogP contribution in [0.4, 0.5) is 13.2 Å². The summed E-state index contributed by atoms with van der Waals surface area (Å²) in [6.07, 6.45) is -4.88. The Kier molecular flexibility index (Phi) is 5.82. The summed E-state index contributed by atoms with van der Waals surface area (Å²) in [7, 11) is -4.88. The van der Waals surface area contributed by atoms with Crippen molar-refractivity contribution in [1.82, 2.24) is 0 Å². The van der Waals surface area contributed by atoms with Gasteiger partial charge in [0.05, 0.1) is 5.56 Å². The highest BCUT2D eigenvalue weighted by Gasteiger charge is 2.48. The second-order valence-corrected chi connectivity index (χ2v) is 9.38. The first-order chi connectivity index (χ1) is 14.1. The number of halogens is 3. The van der Waals surface area contributed by atoms with Gasteiger partial charge in [0.1, 0.15) is 0 Å². The summed E-state index contributed by atoms with van der Waals surface area (Å²) < 4.78 is 55.4. The Morgan fingerprint density at radius 2 is 1.27 bits per heavy atom. The monoisotopic (exact) mass is 430 g/mol. The Labute approximate surface area is 171 Å². The summed E-state index contributed by atoms with van der Waals surface area (Å²) in [5.41, 5.74) is -2.68. The van der Waals surface area contributed by atoms with Crippen LogP contribution in [0.1, 0.15) is 37.4 Å². The number of rotatable bonds is 5. The smallest absolute Gasteiger partial charge is 0.302 e. The van der Waals surface area contributed by atoms with Gasteiger partial charge in [-0.1, -0.05) is 66.7 Å². The molecule has 3 nitrogen and oxygen atoms in total. The zero-order valence-electron chi connectivity index (χ0n) is 16.2. The van der Waals surface area contributed by atoms with Crippen LogP contribution >= 0.6 is 7.14 Å². The van der Waals surface area contributed by atoms with Crippen LogP contribution in [0.2, 0.25) is 0 Å². The number of hydrogen-bond donors (Lipinski definition) is 0. The van der Waals surface area contributed by atoms with E-state index in [0.29, 0.717) is 11.1 Å². The van der Waals surface area contributed by atoms with Gasteiger partial charge in [0.15, 0.2) is 0 Å². The molecule has 0 aromatic heterocycles. The molecule has 0 saturated heterocycles. The van der Waals surface area contributed by atoms with Crippen LogP contribution in [0, 0.1) is 13.8 Å². The third kappa shape index (κ3) is 3.75. The fourth-order valence-electron chi connectivity index (χ4n) is 3.37. The van der Waals surface area contributed by atoms with Crippen LogP contribution in [0.25, 0.3) is 0 Å². The van der Waals surface area contributed by atoms with Gasteiger partial charge in [-0.3, -0.25) is 9.59 Å². The van der Waals surface area contributed by atoms with Crippen molar-refractivity contribution in [2.45, 2.75) is 20.0 Å². The van der Waals surface area contributed by atoms with Gasteiger partial charge in [0.25, 0.3) is 0 Å². The molecule has 3 aromatic carbocycles. The highest BCUT2D eigenvalue weighted by molar-refractivity contribution is 8.01. The molecular formula is C23H18F3O3P. The van der Waals surface area contributed by atoms with Gasteiger partial charge in [-0.15, -0.1) is 0 Å². The largest absolute Gasteiger partial charge is 0.417 e. The molecule has 30 heavy (non-hydrogen) atoms. The lowest BCUT2D eigenvalue weighted by atomic mass is 10.0. The van der Waals surface area contributed by atoms with Crippen molar-refractivity contribution < 1.29 is 27.3 Å². The maximum atomic E-state index is 14.2. The number of carbonyl (C=O) groups excluding carboxylic acids is 2. The molecule has 3 rings (SSSR count). The fourth-order valence-corrected chi connectivity index (χ4v) is 6.01. The standard InChI is InChI=1S/C23H18F3O3P/c1-15-9-8-10-16(2)20(15)22(28)30(29,21(27)17-11-4-3-5-12-17)19-14-7-6-13-18(19)23(24,25)26/h3-14H,1-2H3. The van der Waals surface area contributed by atoms with Crippen LogP contribution in [-0.2, 0) is 10.7 Å². The number of alkyl halides is 3. The summed E-state index contributed by atoms with van der Waals surface area (Å²) in [5, 5.41) is -0.793. The molecule has 1 unspecified atom stereocenters. The molecule has 0 aliphatic carbocycles. The van der Waals surface area contributed by atoms with E-state index in [1.807, 2.05) is 0 Å². The number of benzene rings is 3. The van der Waals surface area contributed by atoms with Crippen LogP contribution in [0.5, 0.6) is 0 Å². The molecule has 0 saturated carbocycles. The molecule has 7 heteroatoms.